The van der Waals surface area contributed by atoms with Gasteiger partial charge < -0.3 is 24.4 Å². The van der Waals surface area contributed by atoms with Crippen molar-refractivity contribution in [2.24, 2.45) is 11.8 Å². The Labute approximate surface area is 246 Å². The molecule has 0 spiro atoms. The van der Waals surface area contributed by atoms with Gasteiger partial charge in [0, 0.05) is 67.5 Å². The van der Waals surface area contributed by atoms with E-state index in [1.54, 1.807) is 95.9 Å². The number of amides is 1. The van der Waals surface area contributed by atoms with Crippen LogP contribution in [0, 0.1) is 11.8 Å². The van der Waals surface area contributed by atoms with Crippen molar-refractivity contribution in [1.82, 2.24) is 20.2 Å². The average molecular weight is 575 g/mol. The fourth-order valence-corrected chi connectivity index (χ4v) is 5.37. The Hall–Kier alpha value is -4.31. The summed E-state index contributed by atoms with van der Waals surface area (Å²) in [5.41, 5.74) is 1.07. The van der Waals surface area contributed by atoms with Gasteiger partial charge in [-0.3, -0.25) is 9.59 Å². The lowest BCUT2D eigenvalue weighted by Crippen LogP contribution is -2.52. The van der Waals surface area contributed by atoms with Crippen LogP contribution in [-0.2, 0) is 4.74 Å². The number of ketones is 2. The molecular weight excluding hydrogens is 536 g/mol. The van der Waals surface area contributed by atoms with Crippen LogP contribution in [0.25, 0.3) is 0 Å². The summed E-state index contributed by atoms with van der Waals surface area (Å²) >= 11 is 0. The number of ether oxygens (including phenoxy) is 3. The molecule has 1 saturated heterocycles. The van der Waals surface area contributed by atoms with Gasteiger partial charge in [0.1, 0.15) is 23.4 Å². The fourth-order valence-electron chi connectivity index (χ4n) is 5.37. The van der Waals surface area contributed by atoms with Crippen molar-refractivity contribution in [3.63, 3.8) is 0 Å². The van der Waals surface area contributed by atoms with Gasteiger partial charge in [0.05, 0.1) is 14.2 Å². The number of piperidine rings is 1. The van der Waals surface area contributed by atoms with Gasteiger partial charge in [0.25, 0.3) is 0 Å². The van der Waals surface area contributed by atoms with E-state index < -0.39 is 29.4 Å². The summed E-state index contributed by atoms with van der Waals surface area (Å²) in [5, 5.41) is 2.79. The standard InChI is InChI=1S/C32H38N4O6/c1-32(2,3)42-31(39)35-12-13-36-18-26(29(37)21-8-6-10-24(14-21)40-4)28(23-16-33-20-34-17-23)27(19-36)30(38)22-9-7-11-25(15-22)41-5/h6-11,14-17,20,26-28H,12-13,18-19H2,1-5H3,(H,35,39). The SMILES string of the molecule is COc1cccc(C(=O)C2CN(CCNC(=O)OC(C)(C)C)CC(C(=O)c3cccc(OC)c3)C2c2cncnc2)c1. The van der Waals surface area contributed by atoms with Crippen molar-refractivity contribution in [2.45, 2.75) is 32.3 Å². The molecule has 10 nitrogen and oxygen atoms in total. The van der Waals surface area contributed by atoms with E-state index in [1.807, 2.05) is 4.90 Å². The number of Topliss-reactive ketones (excluding diaryl/α,β-unsaturated/α-hetero) is 2. The monoisotopic (exact) mass is 574 g/mol. The Morgan fingerprint density at radius 3 is 1.88 bits per heavy atom. The van der Waals surface area contributed by atoms with Gasteiger partial charge >= 0.3 is 6.09 Å². The predicted octanol–water partition coefficient (Wildman–Crippen LogP) is 4.42. The van der Waals surface area contributed by atoms with Gasteiger partial charge in [-0.2, -0.15) is 0 Å². The normalized spacial score (nSPS) is 19.0. The number of alkyl carbamates (subject to hydrolysis) is 1. The van der Waals surface area contributed by atoms with Crippen LogP contribution in [0.4, 0.5) is 4.79 Å². The largest absolute Gasteiger partial charge is 0.497 e. The van der Waals surface area contributed by atoms with E-state index in [0.29, 0.717) is 47.8 Å². The molecule has 1 aliphatic rings. The smallest absolute Gasteiger partial charge is 0.407 e. The molecule has 42 heavy (non-hydrogen) atoms. The zero-order valence-electron chi connectivity index (χ0n) is 24.7. The Kier molecular flexibility index (Phi) is 9.90. The molecule has 1 fully saturated rings. The second-order valence-electron chi connectivity index (χ2n) is 11.3. The van der Waals surface area contributed by atoms with Gasteiger partial charge in [0.15, 0.2) is 11.6 Å². The van der Waals surface area contributed by atoms with Gasteiger partial charge in [-0.25, -0.2) is 14.8 Å². The minimum absolute atomic E-state index is 0.115. The maximum atomic E-state index is 14.2. The highest BCUT2D eigenvalue weighted by Gasteiger charge is 2.45. The molecule has 0 radical (unpaired) electrons. The van der Waals surface area contributed by atoms with Crippen LogP contribution >= 0.6 is 0 Å². The number of methoxy groups -OCH3 is 2. The molecule has 10 heteroatoms. The highest BCUT2D eigenvalue weighted by Crippen LogP contribution is 2.40. The summed E-state index contributed by atoms with van der Waals surface area (Å²) in [6.07, 6.45) is 4.26. The first-order chi connectivity index (χ1) is 20.1. The molecule has 2 unspecified atom stereocenters. The molecule has 1 amide bonds. The first-order valence-corrected chi connectivity index (χ1v) is 13.9. The van der Waals surface area contributed by atoms with Crippen molar-refractivity contribution < 1.29 is 28.6 Å². The molecule has 0 bridgehead atoms. The number of carbonyl (C=O) groups excluding carboxylic acids is 3. The molecule has 2 heterocycles. The Morgan fingerprint density at radius 1 is 0.881 bits per heavy atom. The quantitative estimate of drug-likeness (QED) is 0.351. The van der Waals surface area contributed by atoms with Crippen LogP contribution in [-0.4, -0.2) is 78.5 Å². The Bertz CT molecular complexity index is 1320. The number of likely N-dealkylation sites (tertiary alicyclic amines) is 1. The van der Waals surface area contributed by atoms with Gasteiger partial charge in [0.2, 0.25) is 0 Å². The van der Waals surface area contributed by atoms with Crippen molar-refractivity contribution in [2.75, 3.05) is 40.4 Å². The van der Waals surface area contributed by atoms with Crippen molar-refractivity contribution >= 4 is 17.7 Å². The molecule has 0 saturated carbocycles. The van der Waals surface area contributed by atoms with Gasteiger partial charge in [-0.15, -0.1) is 0 Å². The van der Waals surface area contributed by atoms with E-state index in [1.165, 1.54) is 6.33 Å². The van der Waals surface area contributed by atoms with Crippen LogP contribution in [0.2, 0.25) is 0 Å². The number of hydrogen-bond acceptors (Lipinski definition) is 9. The summed E-state index contributed by atoms with van der Waals surface area (Å²) in [7, 11) is 3.10. The van der Waals surface area contributed by atoms with Crippen molar-refractivity contribution in [3.8, 4) is 11.5 Å². The molecule has 1 N–H and O–H groups in total. The molecule has 2 aromatic carbocycles. The zero-order valence-corrected chi connectivity index (χ0v) is 24.7. The van der Waals surface area contributed by atoms with Crippen molar-refractivity contribution in [3.05, 3.63) is 83.9 Å². The van der Waals surface area contributed by atoms with Crippen LogP contribution in [0.3, 0.4) is 0 Å². The first-order valence-electron chi connectivity index (χ1n) is 13.9. The second kappa shape index (κ2) is 13.6. The third kappa shape index (κ3) is 7.70. The topological polar surface area (TPSA) is 120 Å². The van der Waals surface area contributed by atoms with Crippen LogP contribution in [0.5, 0.6) is 11.5 Å². The minimum Gasteiger partial charge on any atom is -0.497 e. The number of aromatic nitrogens is 2. The van der Waals surface area contributed by atoms with E-state index in [0.717, 1.165) is 0 Å². The number of carbonyl (C=O) groups is 3. The maximum Gasteiger partial charge on any atom is 0.407 e. The van der Waals surface area contributed by atoms with Gasteiger partial charge in [-0.05, 0) is 50.6 Å². The fraction of sp³-hybridized carbons (Fsp3) is 0.406. The minimum atomic E-state index is -0.622. The summed E-state index contributed by atoms with van der Waals surface area (Å²) in [6, 6.07) is 14.0. The summed E-state index contributed by atoms with van der Waals surface area (Å²) < 4.78 is 16.1. The summed E-state index contributed by atoms with van der Waals surface area (Å²) in [6.45, 7) is 6.84. The maximum absolute atomic E-state index is 14.2. The average Bonchev–Trinajstić information content (AvgIpc) is 2.99. The highest BCUT2D eigenvalue weighted by atomic mass is 16.6. The third-order valence-electron chi connectivity index (χ3n) is 7.22. The lowest BCUT2D eigenvalue weighted by atomic mass is 9.69. The van der Waals surface area contributed by atoms with E-state index in [4.69, 9.17) is 14.2 Å². The van der Waals surface area contributed by atoms with Crippen molar-refractivity contribution in [1.29, 1.82) is 0 Å². The molecule has 1 aromatic heterocycles. The number of hydrogen-bond donors (Lipinski definition) is 1. The zero-order chi connectivity index (χ0) is 30.3. The number of rotatable bonds is 10. The lowest BCUT2D eigenvalue weighted by Gasteiger charge is -2.43. The second-order valence-corrected chi connectivity index (χ2v) is 11.3. The Balaban J connectivity index is 1.70. The van der Waals surface area contributed by atoms with Crippen LogP contribution < -0.4 is 14.8 Å². The number of nitrogens with one attached hydrogen (secondary N) is 1. The number of benzene rings is 2. The highest BCUT2D eigenvalue weighted by molar-refractivity contribution is 6.02. The molecule has 4 rings (SSSR count). The molecular formula is C32H38N4O6. The molecule has 0 aliphatic carbocycles. The molecule has 1 aliphatic heterocycles. The van der Waals surface area contributed by atoms with E-state index >= 15 is 0 Å². The first kappa shape index (κ1) is 30.6. The van der Waals surface area contributed by atoms with Gasteiger partial charge in [-0.1, -0.05) is 24.3 Å². The summed E-state index contributed by atoms with van der Waals surface area (Å²) in [4.78, 5) is 51.1. The van der Waals surface area contributed by atoms with Crippen LogP contribution in [0.15, 0.2) is 67.3 Å². The predicted molar refractivity (Wildman–Crippen MR) is 157 cm³/mol. The third-order valence-corrected chi connectivity index (χ3v) is 7.22. The Morgan fingerprint density at radius 2 is 1.40 bits per heavy atom. The van der Waals surface area contributed by atoms with E-state index in [-0.39, 0.29) is 18.1 Å². The number of nitrogens with zero attached hydrogens (tertiary/aromatic N) is 3. The van der Waals surface area contributed by atoms with E-state index in [9.17, 15) is 14.4 Å². The van der Waals surface area contributed by atoms with E-state index in [2.05, 4.69) is 15.3 Å². The van der Waals surface area contributed by atoms with Crippen LogP contribution in [0.1, 0.15) is 53.0 Å². The summed E-state index contributed by atoms with van der Waals surface area (Å²) in [5.74, 6) is -0.779. The molecule has 3 aromatic rings. The molecule has 222 valence electrons. The lowest BCUT2D eigenvalue weighted by molar-refractivity contribution is 0.0478. The molecule has 2 atom stereocenters.